The Morgan fingerprint density at radius 3 is 2.74 bits per heavy atom. The lowest BCUT2D eigenvalue weighted by Gasteiger charge is -2.08. The first-order chi connectivity index (χ1) is 9.10. The fraction of sp³-hybridized carbons (Fsp3) is 0.214. The number of hydrogen-bond acceptors (Lipinski definition) is 4. The molecule has 0 aliphatic rings. The summed E-state index contributed by atoms with van der Waals surface area (Å²) < 4.78 is 5.21. The van der Waals surface area contributed by atoms with Crippen LogP contribution in [-0.4, -0.2) is 22.9 Å². The van der Waals surface area contributed by atoms with Gasteiger partial charge in [-0.15, -0.1) is 0 Å². The van der Waals surface area contributed by atoms with Crippen molar-refractivity contribution in [2.75, 3.05) is 7.11 Å². The Balaban J connectivity index is 2.23. The number of nitrogens with zero attached hydrogens (tertiary/aromatic N) is 2. The van der Waals surface area contributed by atoms with E-state index in [1.807, 2.05) is 6.92 Å². The first kappa shape index (κ1) is 13.5. The summed E-state index contributed by atoms with van der Waals surface area (Å²) in [6.45, 7) is 1.82. The van der Waals surface area contributed by atoms with Gasteiger partial charge in [0.2, 0.25) is 0 Å². The zero-order chi connectivity index (χ0) is 13.8. The number of hydrogen-bond donors (Lipinski definition) is 0. The van der Waals surface area contributed by atoms with Crippen molar-refractivity contribution in [3.63, 3.8) is 0 Å². The number of halogens is 1. The van der Waals surface area contributed by atoms with Crippen molar-refractivity contribution in [1.29, 1.82) is 0 Å². The van der Waals surface area contributed by atoms with E-state index in [1.54, 1.807) is 31.5 Å². The zero-order valence-electron chi connectivity index (χ0n) is 10.7. The molecule has 0 atom stereocenters. The maximum absolute atomic E-state index is 12.1. The Morgan fingerprint density at radius 1 is 1.32 bits per heavy atom. The van der Waals surface area contributed by atoms with Gasteiger partial charge >= 0.3 is 0 Å². The minimum atomic E-state index is -0.118. The van der Waals surface area contributed by atoms with Crippen LogP contribution in [0.2, 0.25) is 5.02 Å². The Kier molecular flexibility index (Phi) is 4.12. The van der Waals surface area contributed by atoms with E-state index < -0.39 is 0 Å². The molecular weight excluding hydrogens is 264 g/mol. The van der Waals surface area contributed by atoms with Gasteiger partial charge in [0.1, 0.15) is 11.4 Å². The maximum Gasteiger partial charge on any atom is 0.187 e. The number of aromatic nitrogens is 2. The third-order valence-electron chi connectivity index (χ3n) is 2.66. The molecule has 0 fully saturated rings. The van der Waals surface area contributed by atoms with Crippen LogP contribution in [0.25, 0.3) is 0 Å². The number of carbonyl (C=O) groups excluding carboxylic acids is 1. The summed E-state index contributed by atoms with van der Waals surface area (Å²) in [5.74, 6) is 0.519. The molecule has 19 heavy (non-hydrogen) atoms. The highest BCUT2D eigenvalue weighted by atomic mass is 35.5. The molecule has 0 aliphatic heterocycles. The molecule has 1 heterocycles. The fourth-order valence-corrected chi connectivity index (χ4v) is 1.88. The lowest BCUT2D eigenvalue weighted by Crippen LogP contribution is -2.08. The number of Topliss-reactive ketones (excluding diaryl/α,β-unsaturated/α-hetero) is 1. The summed E-state index contributed by atoms with van der Waals surface area (Å²) in [5, 5.41) is 0.568. The van der Waals surface area contributed by atoms with E-state index in [0.29, 0.717) is 16.5 Å². The molecule has 0 saturated heterocycles. The number of aryl methyl sites for hydroxylation is 1. The number of ketones is 1. The molecule has 98 valence electrons. The van der Waals surface area contributed by atoms with Gasteiger partial charge in [-0.3, -0.25) is 9.78 Å². The Morgan fingerprint density at radius 2 is 2.11 bits per heavy atom. The molecule has 0 aliphatic carbocycles. The second-order valence-corrected chi connectivity index (χ2v) is 4.54. The van der Waals surface area contributed by atoms with Crippen LogP contribution in [0.15, 0.2) is 30.6 Å². The van der Waals surface area contributed by atoms with Crippen LogP contribution in [-0.2, 0) is 6.42 Å². The van der Waals surface area contributed by atoms with Crippen molar-refractivity contribution in [3.8, 4) is 5.75 Å². The number of benzene rings is 1. The Bertz CT molecular complexity index is 597. The first-order valence-corrected chi connectivity index (χ1v) is 6.12. The van der Waals surface area contributed by atoms with Crippen LogP contribution >= 0.6 is 11.6 Å². The highest BCUT2D eigenvalue weighted by Gasteiger charge is 2.13. The summed E-state index contributed by atoms with van der Waals surface area (Å²) >= 11 is 5.93. The molecule has 0 bridgehead atoms. The van der Waals surface area contributed by atoms with E-state index in [-0.39, 0.29) is 12.2 Å². The van der Waals surface area contributed by atoms with E-state index in [1.165, 1.54) is 6.20 Å². The summed E-state index contributed by atoms with van der Waals surface area (Å²) in [6.07, 6.45) is 3.23. The molecule has 0 unspecified atom stereocenters. The standard InChI is InChI=1S/C14H13ClN2O2/c1-9-7-17-12(8-16-9)13(18)6-10-5-11(15)3-4-14(10)19-2/h3-5,7-8H,6H2,1-2H3. The summed E-state index contributed by atoms with van der Waals surface area (Å²) in [5.41, 5.74) is 1.85. The first-order valence-electron chi connectivity index (χ1n) is 5.74. The predicted molar refractivity (Wildman–Crippen MR) is 72.8 cm³/mol. The van der Waals surface area contributed by atoms with Crippen LogP contribution in [0, 0.1) is 6.92 Å². The topological polar surface area (TPSA) is 52.1 Å². The largest absolute Gasteiger partial charge is 0.496 e. The highest BCUT2D eigenvalue weighted by Crippen LogP contribution is 2.23. The second kappa shape index (κ2) is 5.80. The SMILES string of the molecule is COc1ccc(Cl)cc1CC(=O)c1cnc(C)cn1. The Labute approximate surface area is 116 Å². The van der Waals surface area contributed by atoms with Gasteiger partial charge in [-0.1, -0.05) is 11.6 Å². The van der Waals surface area contributed by atoms with Gasteiger partial charge in [-0.05, 0) is 25.1 Å². The Hall–Kier alpha value is -1.94. The molecule has 1 aromatic carbocycles. The molecule has 0 saturated carbocycles. The van der Waals surface area contributed by atoms with Crippen LogP contribution in [0.5, 0.6) is 5.75 Å². The molecule has 0 spiro atoms. The number of ether oxygens (including phenoxy) is 1. The van der Waals surface area contributed by atoms with Crippen LogP contribution in [0.1, 0.15) is 21.7 Å². The quantitative estimate of drug-likeness (QED) is 0.806. The third-order valence-corrected chi connectivity index (χ3v) is 2.90. The molecule has 4 nitrogen and oxygen atoms in total. The zero-order valence-corrected chi connectivity index (χ0v) is 11.4. The number of carbonyl (C=O) groups is 1. The van der Waals surface area contributed by atoms with Gasteiger partial charge in [-0.2, -0.15) is 0 Å². The van der Waals surface area contributed by atoms with E-state index in [4.69, 9.17) is 16.3 Å². The summed E-state index contributed by atoms with van der Waals surface area (Å²) in [4.78, 5) is 20.2. The van der Waals surface area contributed by atoms with Crippen molar-refractivity contribution >= 4 is 17.4 Å². The van der Waals surface area contributed by atoms with E-state index in [0.717, 1.165) is 11.3 Å². The minimum absolute atomic E-state index is 0.118. The van der Waals surface area contributed by atoms with Gasteiger partial charge in [0.25, 0.3) is 0 Å². The minimum Gasteiger partial charge on any atom is -0.496 e. The average molecular weight is 277 g/mol. The molecule has 2 aromatic rings. The number of methoxy groups -OCH3 is 1. The van der Waals surface area contributed by atoms with E-state index >= 15 is 0 Å². The molecular formula is C14H13ClN2O2. The van der Waals surface area contributed by atoms with Crippen LogP contribution < -0.4 is 4.74 Å². The normalized spacial score (nSPS) is 10.3. The van der Waals surface area contributed by atoms with Crippen molar-refractivity contribution in [2.45, 2.75) is 13.3 Å². The van der Waals surface area contributed by atoms with Crippen molar-refractivity contribution in [1.82, 2.24) is 9.97 Å². The lowest BCUT2D eigenvalue weighted by atomic mass is 10.1. The van der Waals surface area contributed by atoms with E-state index in [2.05, 4.69) is 9.97 Å². The number of rotatable bonds is 4. The molecule has 0 N–H and O–H groups in total. The van der Waals surface area contributed by atoms with Crippen molar-refractivity contribution < 1.29 is 9.53 Å². The second-order valence-electron chi connectivity index (χ2n) is 4.10. The van der Waals surface area contributed by atoms with Crippen molar-refractivity contribution in [3.05, 3.63) is 52.6 Å². The third kappa shape index (κ3) is 3.29. The maximum atomic E-state index is 12.1. The smallest absolute Gasteiger partial charge is 0.187 e. The van der Waals surface area contributed by atoms with Gasteiger partial charge in [0.15, 0.2) is 5.78 Å². The lowest BCUT2D eigenvalue weighted by molar-refractivity contribution is 0.0987. The molecule has 5 heteroatoms. The van der Waals surface area contributed by atoms with Gasteiger partial charge in [0.05, 0.1) is 19.0 Å². The summed E-state index contributed by atoms with van der Waals surface area (Å²) in [7, 11) is 1.56. The molecule has 2 rings (SSSR count). The average Bonchev–Trinajstić information content (AvgIpc) is 2.39. The predicted octanol–water partition coefficient (Wildman–Crippen LogP) is 2.87. The molecule has 0 amide bonds. The van der Waals surface area contributed by atoms with Gasteiger partial charge < -0.3 is 4.74 Å². The highest BCUT2D eigenvalue weighted by molar-refractivity contribution is 6.30. The van der Waals surface area contributed by atoms with Crippen LogP contribution in [0.3, 0.4) is 0 Å². The summed E-state index contributed by atoms with van der Waals surface area (Å²) in [6, 6.07) is 5.19. The van der Waals surface area contributed by atoms with Crippen molar-refractivity contribution in [2.24, 2.45) is 0 Å². The molecule has 1 aromatic heterocycles. The fourth-order valence-electron chi connectivity index (χ4n) is 1.69. The van der Waals surface area contributed by atoms with E-state index in [9.17, 15) is 4.79 Å². The monoisotopic (exact) mass is 276 g/mol. The van der Waals surface area contributed by atoms with Gasteiger partial charge in [0, 0.05) is 23.2 Å². The van der Waals surface area contributed by atoms with Crippen LogP contribution in [0.4, 0.5) is 0 Å². The molecule has 0 radical (unpaired) electrons. The van der Waals surface area contributed by atoms with Gasteiger partial charge in [-0.25, -0.2) is 4.98 Å².